The number of rotatable bonds is 6. The van der Waals surface area contributed by atoms with E-state index in [0.717, 1.165) is 0 Å². The minimum atomic E-state index is -4.35. The zero-order valence-corrected chi connectivity index (χ0v) is 11.5. The first-order chi connectivity index (χ1) is 8.24. The van der Waals surface area contributed by atoms with E-state index in [1.165, 1.54) is 22.8 Å². The fourth-order valence-electron chi connectivity index (χ4n) is 1.03. The molecule has 0 radical (unpaired) electrons. The van der Waals surface area contributed by atoms with E-state index < -0.39 is 15.5 Å². The standard InChI is InChI=1S/C8H11F3N2O2S3/c9-8(10,11)17-2-1-13-18(14,15)7-3-6(4-12)16-5-7/h3,5,13H,1-2,4,12H2. The normalized spacial score (nSPS) is 12.9. The van der Waals surface area contributed by atoms with E-state index in [2.05, 4.69) is 4.72 Å². The lowest BCUT2D eigenvalue weighted by Gasteiger charge is -2.06. The van der Waals surface area contributed by atoms with Crippen LogP contribution in [0.1, 0.15) is 4.88 Å². The van der Waals surface area contributed by atoms with Gasteiger partial charge in [-0.05, 0) is 17.8 Å². The monoisotopic (exact) mass is 320 g/mol. The fraction of sp³-hybridized carbons (Fsp3) is 0.500. The van der Waals surface area contributed by atoms with Gasteiger partial charge >= 0.3 is 5.51 Å². The van der Waals surface area contributed by atoms with Crippen molar-refractivity contribution in [3.05, 3.63) is 16.3 Å². The number of alkyl halides is 3. The first kappa shape index (κ1) is 15.8. The van der Waals surface area contributed by atoms with Crippen LogP contribution in [0.4, 0.5) is 13.2 Å². The van der Waals surface area contributed by atoms with Crippen LogP contribution in [-0.2, 0) is 16.6 Å². The van der Waals surface area contributed by atoms with Gasteiger partial charge in [0.2, 0.25) is 10.0 Å². The average molecular weight is 320 g/mol. The number of hydrogen-bond donors (Lipinski definition) is 2. The number of halogens is 3. The van der Waals surface area contributed by atoms with Gasteiger partial charge in [-0.3, -0.25) is 0 Å². The maximum absolute atomic E-state index is 11.8. The van der Waals surface area contributed by atoms with Crippen LogP contribution in [0.15, 0.2) is 16.3 Å². The van der Waals surface area contributed by atoms with Crippen molar-refractivity contribution in [2.75, 3.05) is 12.3 Å². The highest BCUT2D eigenvalue weighted by Gasteiger charge is 2.27. The molecular weight excluding hydrogens is 309 g/mol. The highest BCUT2D eigenvalue weighted by atomic mass is 32.2. The lowest BCUT2D eigenvalue weighted by Crippen LogP contribution is -2.26. The van der Waals surface area contributed by atoms with Crippen molar-refractivity contribution in [2.24, 2.45) is 5.73 Å². The van der Waals surface area contributed by atoms with Gasteiger partial charge in [0.05, 0.1) is 4.90 Å². The molecule has 3 N–H and O–H groups in total. The number of nitrogens with two attached hydrogens (primary N) is 1. The molecule has 1 rings (SSSR count). The minimum absolute atomic E-state index is 0.0324. The van der Waals surface area contributed by atoms with Gasteiger partial charge in [-0.2, -0.15) is 13.2 Å². The van der Waals surface area contributed by atoms with Crippen molar-refractivity contribution < 1.29 is 21.6 Å². The largest absolute Gasteiger partial charge is 0.441 e. The SMILES string of the molecule is NCc1cc(S(=O)(=O)NCCSC(F)(F)F)cs1. The molecule has 18 heavy (non-hydrogen) atoms. The third-order valence-electron chi connectivity index (χ3n) is 1.80. The van der Waals surface area contributed by atoms with Crippen molar-refractivity contribution in [2.45, 2.75) is 16.9 Å². The van der Waals surface area contributed by atoms with Gasteiger partial charge in [0, 0.05) is 29.1 Å². The van der Waals surface area contributed by atoms with E-state index >= 15 is 0 Å². The van der Waals surface area contributed by atoms with E-state index in [0.29, 0.717) is 4.88 Å². The summed E-state index contributed by atoms with van der Waals surface area (Å²) in [5.74, 6) is -0.364. The van der Waals surface area contributed by atoms with Crippen LogP contribution in [0, 0.1) is 0 Å². The van der Waals surface area contributed by atoms with Crippen molar-refractivity contribution in [1.29, 1.82) is 0 Å². The molecule has 0 aliphatic rings. The summed E-state index contributed by atoms with van der Waals surface area (Å²) in [7, 11) is -3.74. The van der Waals surface area contributed by atoms with E-state index in [-0.39, 0.29) is 35.5 Å². The zero-order chi connectivity index (χ0) is 13.8. The number of nitrogens with one attached hydrogen (secondary N) is 1. The van der Waals surface area contributed by atoms with Crippen LogP contribution in [0.3, 0.4) is 0 Å². The summed E-state index contributed by atoms with van der Waals surface area (Å²) in [4.78, 5) is 0.727. The topological polar surface area (TPSA) is 72.2 Å². The summed E-state index contributed by atoms with van der Waals surface area (Å²) < 4.78 is 60.9. The Balaban J connectivity index is 2.50. The molecule has 0 saturated carbocycles. The first-order valence-corrected chi connectivity index (χ1v) is 8.07. The van der Waals surface area contributed by atoms with Gasteiger partial charge in [-0.15, -0.1) is 11.3 Å². The highest BCUT2D eigenvalue weighted by molar-refractivity contribution is 8.00. The lowest BCUT2D eigenvalue weighted by atomic mass is 10.5. The summed E-state index contributed by atoms with van der Waals surface area (Å²) >= 11 is 0.925. The molecule has 1 aromatic rings. The smallest absolute Gasteiger partial charge is 0.326 e. The summed E-state index contributed by atoms with van der Waals surface area (Å²) in [6.45, 7) is -0.0512. The molecule has 0 aromatic carbocycles. The zero-order valence-electron chi connectivity index (χ0n) is 9.03. The molecule has 0 aliphatic carbocycles. The second kappa shape index (κ2) is 6.24. The van der Waals surface area contributed by atoms with Gasteiger partial charge in [0.1, 0.15) is 0 Å². The maximum Gasteiger partial charge on any atom is 0.441 e. The molecule has 10 heteroatoms. The molecule has 0 atom stereocenters. The molecular formula is C8H11F3N2O2S3. The minimum Gasteiger partial charge on any atom is -0.326 e. The predicted molar refractivity (Wildman–Crippen MR) is 65.9 cm³/mol. The fourth-order valence-corrected chi connectivity index (χ4v) is 3.79. The molecule has 1 aromatic heterocycles. The summed E-state index contributed by atoms with van der Waals surface area (Å²) in [6, 6.07) is 1.41. The lowest BCUT2D eigenvalue weighted by molar-refractivity contribution is -0.0327. The Bertz CT molecular complexity index is 484. The Morgan fingerprint density at radius 3 is 2.61 bits per heavy atom. The maximum atomic E-state index is 11.8. The van der Waals surface area contributed by atoms with Crippen LogP contribution in [0.5, 0.6) is 0 Å². The second-order valence-electron chi connectivity index (χ2n) is 3.14. The third kappa shape index (κ3) is 5.14. The molecule has 104 valence electrons. The predicted octanol–water partition coefficient (Wildman–Crippen LogP) is 1.74. The van der Waals surface area contributed by atoms with Gasteiger partial charge in [0.15, 0.2) is 0 Å². The molecule has 0 spiro atoms. The summed E-state index contributed by atoms with van der Waals surface area (Å²) in [6.07, 6.45) is 0. The highest BCUT2D eigenvalue weighted by Crippen LogP contribution is 2.29. The van der Waals surface area contributed by atoms with E-state index in [1.54, 1.807) is 0 Å². The molecule has 0 unspecified atom stereocenters. The van der Waals surface area contributed by atoms with E-state index in [9.17, 15) is 21.6 Å². The van der Waals surface area contributed by atoms with Crippen LogP contribution in [0.25, 0.3) is 0 Å². The van der Waals surface area contributed by atoms with Gasteiger partial charge in [-0.1, -0.05) is 0 Å². The van der Waals surface area contributed by atoms with Gasteiger partial charge in [-0.25, -0.2) is 13.1 Å². The molecule has 1 heterocycles. The van der Waals surface area contributed by atoms with Crippen molar-refractivity contribution in [3.8, 4) is 0 Å². The van der Waals surface area contributed by atoms with Crippen molar-refractivity contribution >= 4 is 33.1 Å². The van der Waals surface area contributed by atoms with Gasteiger partial charge in [0.25, 0.3) is 0 Å². The molecule has 0 amide bonds. The number of thioether (sulfide) groups is 1. The van der Waals surface area contributed by atoms with Gasteiger partial charge < -0.3 is 5.73 Å². The quantitative estimate of drug-likeness (QED) is 0.783. The van der Waals surface area contributed by atoms with Crippen LogP contribution < -0.4 is 10.5 Å². The van der Waals surface area contributed by atoms with E-state index in [4.69, 9.17) is 5.73 Å². The Kier molecular flexibility index (Phi) is 5.46. The molecule has 0 saturated heterocycles. The molecule has 0 fully saturated rings. The summed E-state index contributed by atoms with van der Waals surface area (Å²) in [5, 5.41) is 1.40. The van der Waals surface area contributed by atoms with E-state index in [1.807, 2.05) is 0 Å². The molecule has 4 nitrogen and oxygen atoms in total. The second-order valence-corrected chi connectivity index (χ2v) is 7.07. The molecule has 0 aliphatic heterocycles. The first-order valence-electron chi connectivity index (χ1n) is 4.72. The number of sulfonamides is 1. The number of thiophene rings is 1. The van der Waals surface area contributed by atoms with Crippen LogP contribution >= 0.6 is 23.1 Å². The van der Waals surface area contributed by atoms with Crippen LogP contribution in [-0.4, -0.2) is 26.2 Å². The Morgan fingerprint density at radius 1 is 1.44 bits per heavy atom. The van der Waals surface area contributed by atoms with Crippen molar-refractivity contribution in [1.82, 2.24) is 4.72 Å². The van der Waals surface area contributed by atoms with Crippen LogP contribution in [0.2, 0.25) is 0 Å². The Hall–Kier alpha value is -0.290. The van der Waals surface area contributed by atoms with Crippen molar-refractivity contribution in [3.63, 3.8) is 0 Å². The number of hydrogen-bond acceptors (Lipinski definition) is 5. The molecule has 0 bridgehead atoms. The Labute approximate surface area is 111 Å². The third-order valence-corrected chi connectivity index (χ3v) is 5.09. The average Bonchev–Trinajstić information content (AvgIpc) is 2.72. The Morgan fingerprint density at radius 2 is 2.11 bits per heavy atom. The summed E-state index contributed by atoms with van der Waals surface area (Å²) in [5.41, 5.74) is 0.996.